The molecule has 7 nitrogen and oxygen atoms in total. The normalized spacial score (nSPS) is 27.9. The van der Waals surface area contributed by atoms with E-state index in [-0.39, 0.29) is 17.5 Å². The van der Waals surface area contributed by atoms with Crippen LogP contribution in [0.25, 0.3) is 0 Å². The summed E-state index contributed by atoms with van der Waals surface area (Å²) in [4.78, 5) is 34.4. The zero-order valence-electron chi connectivity index (χ0n) is 12.4. The fourth-order valence-corrected chi connectivity index (χ4v) is 3.59. The van der Waals surface area contributed by atoms with E-state index in [0.29, 0.717) is 17.7 Å². The molecule has 0 aromatic heterocycles. The molecule has 23 heavy (non-hydrogen) atoms. The quantitative estimate of drug-likeness (QED) is 0.503. The van der Waals surface area contributed by atoms with Crippen molar-refractivity contribution < 1.29 is 19.6 Å². The highest BCUT2D eigenvalue weighted by molar-refractivity contribution is 5.97. The molecular weight excluding hydrogens is 300 g/mol. The van der Waals surface area contributed by atoms with Crippen LogP contribution in [0.2, 0.25) is 0 Å². The lowest BCUT2D eigenvalue weighted by Gasteiger charge is -2.24. The Kier molecular flexibility index (Phi) is 3.63. The summed E-state index contributed by atoms with van der Waals surface area (Å²) in [5.74, 6) is -2.93. The van der Waals surface area contributed by atoms with Crippen LogP contribution in [0.5, 0.6) is 0 Å². The number of hydrogen-bond donors (Lipinski definition) is 2. The number of amides is 1. The van der Waals surface area contributed by atoms with E-state index in [1.54, 1.807) is 13.0 Å². The van der Waals surface area contributed by atoms with Crippen molar-refractivity contribution in [3.05, 3.63) is 46.0 Å². The third-order valence-corrected chi connectivity index (χ3v) is 4.74. The summed E-state index contributed by atoms with van der Waals surface area (Å²) >= 11 is 0. The molecule has 7 heteroatoms. The molecule has 0 unspecified atom stereocenters. The van der Waals surface area contributed by atoms with Crippen molar-refractivity contribution in [3.8, 4) is 0 Å². The number of aryl methyl sites for hydroxylation is 1. The number of allylic oxidation sites excluding steroid dienone is 2. The highest BCUT2D eigenvalue weighted by Gasteiger charge is 2.51. The molecule has 1 aromatic carbocycles. The summed E-state index contributed by atoms with van der Waals surface area (Å²) in [5.41, 5.74) is 0.920. The molecule has 3 rings (SSSR count). The largest absolute Gasteiger partial charge is 0.481 e. The molecule has 0 radical (unpaired) electrons. The van der Waals surface area contributed by atoms with Gasteiger partial charge in [-0.25, -0.2) is 0 Å². The second-order valence-corrected chi connectivity index (χ2v) is 6.08. The third kappa shape index (κ3) is 2.58. The molecule has 1 fully saturated rings. The molecule has 1 amide bonds. The monoisotopic (exact) mass is 316 g/mol. The molecule has 0 heterocycles. The highest BCUT2D eigenvalue weighted by Crippen LogP contribution is 2.48. The van der Waals surface area contributed by atoms with Gasteiger partial charge in [-0.05, 0) is 30.7 Å². The standard InChI is InChI=1S/C16H16N2O5/c1-8-2-5-11(18(22)23)7-12(8)17-15(19)13-9-3-4-10(6-9)14(13)16(20)21/h2-5,7,9-10,13-14H,6H2,1H3,(H,17,19)(H,20,21)/t9-,10-,13-,14+/m0/s1. The molecule has 120 valence electrons. The molecule has 1 saturated carbocycles. The van der Waals surface area contributed by atoms with Crippen LogP contribution >= 0.6 is 0 Å². The minimum absolute atomic E-state index is 0.0832. The van der Waals surface area contributed by atoms with E-state index in [0.717, 1.165) is 0 Å². The zero-order valence-corrected chi connectivity index (χ0v) is 12.4. The topological polar surface area (TPSA) is 110 Å². The highest BCUT2D eigenvalue weighted by atomic mass is 16.6. The van der Waals surface area contributed by atoms with E-state index < -0.39 is 28.6 Å². The number of non-ortho nitro benzene ring substituents is 1. The Morgan fingerprint density at radius 1 is 1.26 bits per heavy atom. The lowest BCUT2D eigenvalue weighted by Crippen LogP contribution is -2.36. The van der Waals surface area contributed by atoms with Crippen LogP contribution in [-0.2, 0) is 9.59 Å². The predicted octanol–water partition coefficient (Wildman–Crippen LogP) is 2.36. The van der Waals surface area contributed by atoms with Gasteiger partial charge in [-0.1, -0.05) is 18.2 Å². The SMILES string of the molecule is Cc1ccc([N+](=O)[O-])cc1NC(=O)[C@@H]1[C@H](C(=O)O)[C@H]2C=C[C@H]1C2. The Hall–Kier alpha value is -2.70. The van der Waals surface area contributed by atoms with E-state index in [4.69, 9.17) is 0 Å². The van der Waals surface area contributed by atoms with Crippen LogP contribution in [0.3, 0.4) is 0 Å². The van der Waals surface area contributed by atoms with Crippen LogP contribution in [0, 0.1) is 40.7 Å². The Balaban J connectivity index is 1.85. The summed E-state index contributed by atoms with van der Waals surface area (Å²) in [6.07, 6.45) is 4.43. The van der Waals surface area contributed by atoms with Crippen LogP contribution < -0.4 is 5.32 Å². The number of aliphatic carboxylic acids is 1. The molecule has 4 atom stereocenters. The fourth-order valence-electron chi connectivity index (χ4n) is 3.59. The summed E-state index contributed by atoms with van der Waals surface area (Å²) in [6.45, 7) is 1.73. The van der Waals surface area contributed by atoms with E-state index in [1.165, 1.54) is 12.1 Å². The molecule has 2 N–H and O–H groups in total. The first-order valence-electron chi connectivity index (χ1n) is 7.35. The van der Waals surface area contributed by atoms with Crippen LogP contribution in [0.15, 0.2) is 30.4 Å². The minimum Gasteiger partial charge on any atom is -0.481 e. The number of nitrogens with zero attached hydrogens (tertiary/aromatic N) is 1. The van der Waals surface area contributed by atoms with E-state index in [1.807, 2.05) is 12.2 Å². The Morgan fingerprint density at radius 2 is 1.91 bits per heavy atom. The van der Waals surface area contributed by atoms with Crippen molar-refractivity contribution in [1.29, 1.82) is 0 Å². The maximum Gasteiger partial charge on any atom is 0.307 e. The maximum atomic E-state index is 12.6. The molecule has 2 aliphatic rings. The number of fused-ring (bicyclic) bond motifs is 2. The van der Waals surface area contributed by atoms with Crippen molar-refractivity contribution in [3.63, 3.8) is 0 Å². The second kappa shape index (κ2) is 5.49. The maximum absolute atomic E-state index is 12.6. The third-order valence-electron chi connectivity index (χ3n) is 4.74. The number of carboxylic acid groups (broad SMARTS) is 1. The Bertz CT molecular complexity index is 727. The van der Waals surface area contributed by atoms with E-state index >= 15 is 0 Å². The summed E-state index contributed by atoms with van der Waals surface area (Å²) < 4.78 is 0. The number of hydrogen-bond acceptors (Lipinski definition) is 4. The molecule has 0 aliphatic heterocycles. The van der Waals surface area contributed by atoms with Gasteiger partial charge in [0.1, 0.15) is 0 Å². The molecule has 2 bridgehead atoms. The van der Waals surface area contributed by atoms with Gasteiger partial charge in [-0.3, -0.25) is 19.7 Å². The molecular formula is C16H16N2O5. The number of benzene rings is 1. The average molecular weight is 316 g/mol. The number of rotatable bonds is 4. The van der Waals surface area contributed by atoms with Gasteiger partial charge < -0.3 is 10.4 Å². The fraction of sp³-hybridized carbons (Fsp3) is 0.375. The average Bonchev–Trinajstić information content (AvgIpc) is 3.09. The van der Waals surface area contributed by atoms with Crippen LogP contribution in [0.4, 0.5) is 11.4 Å². The lowest BCUT2D eigenvalue weighted by atomic mass is 9.82. The van der Waals surface area contributed by atoms with Gasteiger partial charge in [0.15, 0.2) is 0 Å². The molecule has 2 aliphatic carbocycles. The molecule has 0 spiro atoms. The summed E-state index contributed by atoms with van der Waals surface area (Å²) in [6, 6.07) is 4.22. The lowest BCUT2D eigenvalue weighted by molar-refractivity contribution is -0.384. The number of nitrogens with one attached hydrogen (secondary N) is 1. The number of anilines is 1. The molecule has 0 saturated heterocycles. The van der Waals surface area contributed by atoms with Crippen molar-refractivity contribution in [2.45, 2.75) is 13.3 Å². The first-order chi connectivity index (χ1) is 10.9. The Labute approximate surface area is 132 Å². The van der Waals surface area contributed by atoms with E-state index in [2.05, 4.69) is 5.32 Å². The van der Waals surface area contributed by atoms with Gasteiger partial charge in [0.25, 0.3) is 5.69 Å². The predicted molar refractivity (Wildman–Crippen MR) is 81.8 cm³/mol. The van der Waals surface area contributed by atoms with Crippen molar-refractivity contribution >= 4 is 23.3 Å². The first kappa shape index (κ1) is 15.2. The van der Waals surface area contributed by atoms with Crippen molar-refractivity contribution in [2.75, 3.05) is 5.32 Å². The number of nitro benzene ring substituents is 1. The number of nitro groups is 1. The Morgan fingerprint density at radius 3 is 2.52 bits per heavy atom. The molecule has 1 aromatic rings. The minimum atomic E-state index is -0.974. The van der Waals surface area contributed by atoms with Crippen LogP contribution in [0.1, 0.15) is 12.0 Å². The van der Waals surface area contributed by atoms with Crippen molar-refractivity contribution in [2.24, 2.45) is 23.7 Å². The number of carbonyl (C=O) groups is 2. The zero-order chi connectivity index (χ0) is 16.7. The summed E-state index contributed by atoms with van der Waals surface area (Å²) in [7, 11) is 0. The van der Waals surface area contributed by atoms with Crippen LogP contribution in [-0.4, -0.2) is 21.9 Å². The van der Waals surface area contributed by atoms with Gasteiger partial charge in [0.2, 0.25) is 5.91 Å². The number of carboxylic acids is 1. The number of carbonyl (C=O) groups excluding carboxylic acids is 1. The summed E-state index contributed by atoms with van der Waals surface area (Å²) in [5, 5.41) is 22.9. The van der Waals surface area contributed by atoms with Gasteiger partial charge in [0, 0.05) is 12.1 Å². The second-order valence-electron chi connectivity index (χ2n) is 6.08. The van der Waals surface area contributed by atoms with Gasteiger partial charge in [-0.2, -0.15) is 0 Å². The van der Waals surface area contributed by atoms with Crippen molar-refractivity contribution in [1.82, 2.24) is 0 Å². The van der Waals surface area contributed by atoms with E-state index in [9.17, 15) is 24.8 Å². The van der Waals surface area contributed by atoms with Gasteiger partial charge in [0.05, 0.1) is 22.4 Å². The smallest absolute Gasteiger partial charge is 0.307 e. The van der Waals surface area contributed by atoms with Gasteiger partial charge >= 0.3 is 5.97 Å². The van der Waals surface area contributed by atoms with Gasteiger partial charge in [-0.15, -0.1) is 0 Å². The first-order valence-corrected chi connectivity index (χ1v) is 7.35.